The van der Waals surface area contributed by atoms with Crippen LogP contribution in [0.4, 0.5) is 4.79 Å². The van der Waals surface area contributed by atoms with Crippen molar-refractivity contribution in [1.82, 2.24) is 15.1 Å². The van der Waals surface area contributed by atoms with Crippen molar-refractivity contribution in [3.05, 3.63) is 82.6 Å². The molecule has 33 heavy (non-hydrogen) atoms. The highest BCUT2D eigenvalue weighted by Crippen LogP contribution is 2.32. The molecule has 1 atom stereocenters. The molecule has 2 aromatic rings. The van der Waals surface area contributed by atoms with E-state index >= 15 is 0 Å². The van der Waals surface area contributed by atoms with Gasteiger partial charge in [-0.1, -0.05) is 68.4 Å². The molecule has 0 fully saturated rings. The SMILES string of the molecule is CCOC(=O)C1=C(CN(C)Cc2ccccc2)N(CC)C(=O)N[C@H]1c1ccc(C(C)C)cc1. The van der Waals surface area contributed by atoms with Crippen molar-refractivity contribution >= 4 is 12.0 Å². The maximum absolute atomic E-state index is 13.2. The lowest BCUT2D eigenvalue weighted by Gasteiger charge is -2.37. The van der Waals surface area contributed by atoms with E-state index in [4.69, 9.17) is 4.74 Å². The van der Waals surface area contributed by atoms with Crippen LogP contribution in [-0.4, -0.2) is 48.5 Å². The van der Waals surface area contributed by atoms with E-state index < -0.39 is 12.0 Å². The van der Waals surface area contributed by atoms with Gasteiger partial charge in [0.15, 0.2) is 0 Å². The molecule has 1 N–H and O–H groups in total. The van der Waals surface area contributed by atoms with E-state index in [0.717, 1.165) is 5.56 Å². The van der Waals surface area contributed by atoms with Gasteiger partial charge in [0.2, 0.25) is 0 Å². The summed E-state index contributed by atoms with van der Waals surface area (Å²) in [6, 6.07) is 17.5. The molecule has 0 spiro atoms. The van der Waals surface area contributed by atoms with Crippen LogP contribution in [0.25, 0.3) is 0 Å². The number of carbonyl (C=O) groups is 2. The van der Waals surface area contributed by atoms with Gasteiger partial charge in [-0.2, -0.15) is 0 Å². The van der Waals surface area contributed by atoms with E-state index in [1.807, 2.05) is 44.3 Å². The van der Waals surface area contributed by atoms with Crippen LogP contribution in [0.3, 0.4) is 0 Å². The molecule has 0 aromatic heterocycles. The van der Waals surface area contributed by atoms with Crippen molar-refractivity contribution < 1.29 is 14.3 Å². The predicted octanol–water partition coefficient (Wildman–Crippen LogP) is 4.85. The Morgan fingerprint density at radius 2 is 1.73 bits per heavy atom. The maximum Gasteiger partial charge on any atom is 0.338 e. The minimum Gasteiger partial charge on any atom is -0.463 e. The normalized spacial score (nSPS) is 16.4. The zero-order valence-electron chi connectivity index (χ0n) is 20.3. The van der Waals surface area contributed by atoms with Gasteiger partial charge in [0.25, 0.3) is 0 Å². The van der Waals surface area contributed by atoms with Gasteiger partial charge < -0.3 is 10.1 Å². The third-order valence-electron chi connectivity index (χ3n) is 5.90. The summed E-state index contributed by atoms with van der Waals surface area (Å²) in [5.74, 6) is 0.00911. The van der Waals surface area contributed by atoms with Gasteiger partial charge in [0.05, 0.1) is 18.2 Å². The summed E-state index contributed by atoms with van der Waals surface area (Å²) in [5, 5.41) is 3.03. The highest BCUT2D eigenvalue weighted by Gasteiger charge is 2.38. The first-order valence-corrected chi connectivity index (χ1v) is 11.7. The Morgan fingerprint density at radius 1 is 1.06 bits per heavy atom. The largest absolute Gasteiger partial charge is 0.463 e. The molecular weight excluding hydrogens is 414 g/mol. The molecule has 0 saturated carbocycles. The Labute approximate surface area is 197 Å². The third-order valence-corrected chi connectivity index (χ3v) is 5.90. The zero-order valence-corrected chi connectivity index (χ0v) is 20.3. The molecule has 0 saturated heterocycles. The van der Waals surface area contributed by atoms with Gasteiger partial charge in [-0.3, -0.25) is 9.80 Å². The lowest BCUT2D eigenvalue weighted by molar-refractivity contribution is -0.139. The molecule has 0 bridgehead atoms. The number of nitrogens with zero attached hydrogens (tertiary/aromatic N) is 2. The van der Waals surface area contributed by atoms with Gasteiger partial charge in [-0.05, 0) is 43.5 Å². The standard InChI is InChI=1S/C27H35N3O3/c1-6-30-23(18-29(5)17-20-11-9-8-10-12-20)24(26(31)33-7-2)25(28-27(30)32)22-15-13-21(14-16-22)19(3)4/h8-16,19,25H,6-7,17-18H2,1-5H3,(H,28,32)/t25-/m0/s1. The number of benzene rings is 2. The second kappa shape index (κ2) is 11.1. The number of hydrogen-bond donors (Lipinski definition) is 1. The summed E-state index contributed by atoms with van der Waals surface area (Å²) in [7, 11) is 2.00. The van der Waals surface area contributed by atoms with Crippen LogP contribution in [0.2, 0.25) is 0 Å². The van der Waals surface area contributed by atoms with Crippen LogP contribution in [0, 0.1) is 0 Å². The lowest BCUT2D eigenvalue weighted by Crippen LogP contribution is -2.50. The summed E-state index contributed by atoms with van der Waals surface area (Å²) in [6.07, 6.45) is 0. The number of esters is 1. The first-order valence-electron chi connectivity index (χ1n) is 11.7. The van der Waals surface area contributed by atoms with Crippen molar-refractivity contribution in [2.75, 3.05) is 26.7 Å². The van der Waals surface area contributed by atoms with Crippen molar-refractivity contribution in [3.63, 3.8) is 0 Å². The molecule has 1 heterocycles. The highest BCUT2D eigenvalue weighted by atomic mass is 16.5. The Kier molecular flexibility index (Phi) is 8.28. The van der Waals surface area contributed by atoms with Gasteiger partial charge in [-0.15, -0.1) is 0 Å². The minimum absolute atomic E-state index is 0.202. The van der Waals surface area contributed by atoms with Gasteiger partial charge in [0.1, 0.15) is 0 Å². The van der Waals surface area contributed by atoms with E-state index in [-0.39, 0.29) is 12.6 Å². The third kappa shape index (κ3) is 5.82. The van der Waals surface area contributed by atoms with E-state index in [1.165, 1.54) is 11.1 Å². The molecule has 0 aliphatic carbocycles. The fraction of sp³-hybridized carbons (Fsp3) is 0.407. The summed E-state index contributed by atoms with van der Waals surface area (Å²) in [5.41, 5.74) is 4.43. The van der Waals surface area contributed by atoms with Crippen LogP contribution in [0.5, 0.6) is 0 Å². The second-order valence-corrected chi connectivity index (χ2v) is 8.69. The summed E-state index contributed by atoms with van der Waals surface area (Å²) < 4.78 is 5.46. The number of nitrogens with one attached hydrogen (secondary N) is 1. The van der Waals surface area contributed by atoms with Crippen molar-refractivity contribution in [2.24, 2.45) is 0 Å². The van der Waals surface area contributed by atoms with Gasteiger partial charge in [-0.25, -0.2) is 9.59 Å². The van der Waals surface area contributed by atoms with E-state index in [2.05, 4.69) is 48.3 Å². The quantitative estimate of drug-likeness (QED) is 0.556. The van der Waals surface area contributed by atoms with Crippen LogP contribution >= 0.6 is 0 Å². The minimum atomic E-state index is -0.555. The van der Waals surface area contributed by atoms with Crippen LogP contribution in [0.1, 0.15) is 56.3 Å². The number of ether oxygens (including phenoxy) is 1. The predicted molar refractivity (Wildman–Crippen MR) is 131 cm³/mol. The molecule has 3 rings (SSSR count). The molecule has 176 valence electrons. The van der Waals surface area contributed by atoms with Crippen LogP contribution in [0.15, 0.2) is 65.9 Å². The second-order valence-electron chi connectivity index (χ2n) is 8.69. The van der Waals surface area contributed by atoms with E-state index in [9.17, 15) is 9.59 Å². The summed E-state index contributed by atoms with van der Waals surface area (Å²) in [6.45, 7) is 9.87. The van der Waals surface area contributed by atoms with Crippen LogP contribution in [-0.2, 0) is 16.1 Å². The Morgan fingerprint density at radius 3 is 2.30 bits per heavy atom. The maximum atomic E-state index is 13.2. The number of rotatable bonds is 9. The number of hydrogen-bond acceptors (Lipinski definition) is 4. The van der Waals surface area contributed by atoms with Crippen molar-refractivity contribution in [1.29, 1.82) is 0 Å². The fourth-order valence-electron chi connectivity index (χ4n) is 4.19. The Hall–Kier alpha value is -3.12. The Bertz CT molecular complexity index is 983. The topological polar surface area (TPSA) is 61.9 Å². The van der Waals surface area contributed by atoms with Crippen molar-refractivity contribution in [2.45, 2.75) is 46.2 Å². The number of amides is 2. The highest BCUT2D eigenvalue weighted by molar-refractivity contribution is 5.95. The molecule has 2 amide bonds. The van der Waals surface area contributed by atoms with Gasteiger partial charge >= 0.3 is 12.0 Å². The molecule has 0 radical (unpaired) electrons. The number of urea groups is 1. The smallest absolute Gasteiger partial charge is 0.338 e. The lowest BCUT2D eigenvalue weighted by atomic mass is 9.92. The zero-order chi connectivity index (χ0) is 24.0. The fourth-order valence-corrected chi connectivity index (χ4v) is 4.19. The van der Waals surface area contributed by atoms with Crippen LogP contribution < -0.4 is 5.32 Å². The van der Waals surface area contributed by atoms with E-state index in [1.54, 1.807) is 11.8 Å². The number of likely N-dealkylation sites (N-methyl/N-ethyl adjacent to an activating group) is 2. The molecule has 1 aliphatic heterocycles. The molecule has 1 aliphatic rings. The first kappa shape index (κ1) is 24.5. The molecule has 0 unspecified atom stereocenters. The van der Waals surface area contributed by atoms with E-state index in [0.29, 0.717) is 36.8 Å². The average molecular weight is 450 g/mol. The summed E-state index contributed by atoms with van der Waals surface area (Å²) >= 11 is 0. The van der Waals surface area contributed by atoms with Gasteiger partial charge in [0, 0.05) is 25.3 Å². The molecule has 6 nitrogen and oxygen atoms in total. The average Bonchev–Trinajstić information content (AvgIpc) is 2.79. The Balaban J connectivity index is 2.03. The number of carbonyl (C=O) groups excluding carboxylic acids is 2. The molecular formula is C27H35N3O3. The van der Waals surface area contributed by atoms with Crippen molar-refractivity contribution in [3.8, 4) is 0 Å². The first-order chi connectivity index (χ1) is 15.8. The molecule has 6 heteroatoms. The summed E-state index contributed by atoms with van der Waals surface area (Å²) in [4.78, 5) is 30.0. The monoisotopic (exact) mass is 449 g/mol. The molecule has 2 aromatic carbocycles.